The van der Waals surface area contributed by atoms with Gasteiger partial charge in [-0.2, -0.15) is 11.3 Å². The van der Waals surface area contributed by atoms with E-state index < -0.39 is 0 Å². The number of aliphatic hydroxyl groups excluding tert-OH is 1. The second-order valence-corrected chi connectivity index (χ2v) is 5.30. The summed E-state index contributed by atoms with van der Waals surface area (Å²) < 4.78 is 7.29. The molecule has 0 amide bonds. The fourth-order valence-electron chi connectivity index (χ4n) is 2.01. The lowest BCUT2D eigenvalue weighted by molar-refractivity contribution is 0.267. The lowest BCUT2D eigenvalue weighted by atomic mass is 10.2. The van der Waals surface area contributed by atoms with Crippen LogP contribution < -0.4 is 0 Å². The number of nitrogens with zero attached hydrogens (tertiary/aromatic N) is 3. The highest BCUT2D eigenvalue weighted by molar-refractivity contribution is 7.07. The minimum absolute atomic E-state index is 0.0383. The molecule has 0 saturated heterocycles. The third-order valence-electron chi connectivity index (χ3n) is 2.96. The minimum Gasteiger partial charge on any atom is -0.458 e. The summed E-state index contributed by atoms with van der Waals surface area (Å²) in [6.07, 6.45) is 0.705. The van der Waals surface area contributed by atoms with E-state index >= 15 is 0 Å². The molecule has 0 bridgehead atoms. The molecule has 0 aliphatic rings. The van der Waals surface area contributed by atoms with Crippen molar-refractivity contribution in [3.05, 3.63) is 46.1 Å². The molecular weight excluding hydrogens is 274 g/mol. The summed E-state index contributed by atoms with van der Waals surface area (Å²) in [6.45, 7) is 2.36. The first kappa shape index (κ1) is 13.1. The second kappa shape index (κ2) is 5.60. The lowest BCUT2D eigenvalue weighted by Crippen LogP contribution is -2.09. The largest absolute Gasteiger partial charge is 0.458 e. The Morgan fingerprint density at radius 2 is 2.25 bits per heavy atom. The van der Waals surface area contributed by atoms with E-state index in [0.717, 1.165) is 11.6 Å². The molecule has 0 spiro atoms. The number of furan rings is 1. The van der Waals surface area contributed by atoms with Gasteiger partial charge >= 0.3 is 0 Å². The molecule has 3 aromatic rings. The van der Waals surface area contributed by atoms with Crippen molar-refractivity contribution in [3.63, 3.8) is 0 Å². The fourth-order valence-corrected chi connectivity index (χ4v) is 2.68. The molecule has 6 heteroatoms. The fraction of sp³-hybridized carbons (Fsp3) is 0.286. The molecule has 104 valence electrons. The average molecular weight is 289 g/mol. The zero-order chi connectivity index (χ0) is 13.9. The van der Waals surface area contributed by atoms with Gasteiger partial charge in [0.1, 0.15) is 11.6 Å². The molecule has 3 aromatic heterocycles. The molecule has 0 saturated carbocycles. The Balaban J connectivity index is 1.93. The smallest absolute Gasteiger partial charge is 0.217 e. The number of hydrogen-bond donors (Lipinski definition) is 1. The highest BCUT2D eigenvalue weighted by atomic mass is 32.1. The predicted octanol–water partition coefficient (Wildman–Crippen LogP) is 2.49. The van der Waals surface area contributed by atoms with Gasteiger partial charge in [-0.1, -0.05) is 0 Å². The first-order valence-corrected chi connectivity index (χ1v) is 7.33. The molecule has 0 aromatic carbocycles. The Hall–Kier alpha value is -1.92. The molecule has 0 unspecified atom stereocenters. The van der Waals surface area contributed by atoms with E-state index in [1.807, 2.05) is 24.4 Å². The maximum atomic E-state index is 9.14. The predicted molar refractivity (Wildman–Crippen MR) is 76.7 cm³/mol. The van der Waals surface area contributed by atoms with Crippen molar-refractivity contribution in [2.75, 3.05) is 6.61 Å². The van der Waals surface area contributed by atoms with Gasteiger partial charge in [-0.15, -0.1) is 5.10 Å². The van der Waals surface area contributed by atoms with Crippen LogP contribution in [0.1, 0.15) is 17.1 Å². The third-order valence-corrected chi connectivity index (χ3v) is 3.70. The van der Waals surface area contributed by atoms with Crippen LogP contribution in [0.3, 0.4) is 0 Å². The number of thiophene rings is 1. The summed E-state index contributed by atoms with van der Waals surface area (Å²) in [7, 11) is 0. The van der Waals surface area contributed by atoms with Crippen LogP contribution in [0.15, 0.2) is 33.4 Å². The monoisotopic (exact) mass is 289 g/mol. The molecule has 1 N–H and O–H groups in total. The van der Waals surface area contributed by atoms with Gasteiger partial charge in [-0.05, 0) is 41.4 Å². The van der Waals surface area contributed by atoms with Crippen LogP contribution in [0, 0.1) is 6.92 Å². The summed E-state index contributed by atoms with van der Waals surface area (Å²) in [5, 5.41) is 17.7. The van der Waals surface area contributed by atoms with Gasteiger partial charge in [0, 0.05) is 6.42 Å². The average Bonchev–Trinajstić information content (AvgIpc) is 3.13. The van der Waals surface area contributed by atoms with Crippen molar-refractivity contribution < 1.29 is 9.52 Å². The van der Waals surface area contributed by atoms with Crippen molar-refractivity contribution in [3.8, 4) is 11.6 Å². The standard InChI is InChI=1S/C14H15N3O2S/c1-10-2-3-12(19-10)14-15-13(17(16-14)5-6-18)8-11-4-7-20-9-11/h2-4,7,9,18H,5-6,8H2,1H3. The Morgan fingerprint density at radius 3 is 2.90 bits per heavy atom. The molecule has 0 atom stereocenters. The van der Waals surface area contributed by atoms with Crippen molar-refractivity contribution in [2.45, 2.75) is 19.9 Å². The Morgan fingerprint density at radius 1 is 1.35 bits per heavy atom. The van der Waals surface area contributed by atoms with E-state index in [-0.39, 0.29) is 6.61 Å². The molecule has 5 nitrogen and oxygen atoms in total. The summed E-state index contributed by atoms with van der Waals surface area (Å²) in [5.41, 5.74) is 1.20. The number of hydrogen-bond acceptors (Lipinski definition) is 5. The van der Waals surface area contributed by atoms with Crippen molar-refractivity contribution >= 4 is 11.3 Å². The highest BCUT2D eigenvalue weighted by Crippen LogP contribution is 2.20. The van der Waals surface area contributed by atoms with Crippen LogP contribution in [0.5, 0.6) is 0 Å². The normalized spacial score (nSPS) is 11.1. The molecule has 0 fully saturated rings. The maximum absolute atomic E-state index is 9.14. The molecule has 0 aliphatic heterocycles. The number of aliphatic hydroxyl groups is 1. The topological polar surface area (TPSA) is 64.1 Å². The van der Waals surface area contributed by atoms with E-state index in [9.17, 15) is 0 Å². The molecule has 3 rings (SSSR count). The number of aromatic nitrogens is 3. The third kappa shape index (κ3) is 2.66. The van der Waals surface area contributed by atoms with Gasteiger partial charge in [-0.3, -0.25) is 0 Å². The maximum Gasteiger partial charge on any atom is 0.217 e. The van der Waals surface area contributed by atoms with Gasteiger partial charge in [0.05, 0.1) is 13.2 Å². The van der Waals surface area contributed by atoms with Crippen LogP contribution >= 0.6 is 11.3 Å². The summed E-state index contributed by atoms with van der Waals surface area (Å²) in [6, 6.07) is 5.82. The van der Waals surface area contributed by atoms with Crippen LogP contribution in [0.2, 0.25) is 0 Å². The van der Waals surface area contributed by atoms with Crippen molar-refractivity contribution in [2.24, 2.45) is 0 Å². The SMILES string of the molecule is Cc1ccc(-c2nc(Cc3ccsc3)n(CCO)n2)o1. The van der Waals surface area contributed by atoms with Crippen LogP contribution in [-0.4, -0.2) is 26.5 Å². The van der Waals surface area contributed by atoms with E-state index in [2.05, 4.69) is 21.5 Å². The van der Waals surface area contributed by atoms with Crippen LogP contribution in [0.25, 0.3) is 11.6 Å². The van der Waals surface area contributed by atoms with Crippen molar-refractivity contribution in [1.29, 1.82) is 0 Å². The molecular formula is C14H15N3O2S. The lowest BCUT2D eigenvalue weighted by Gasteiger charge is -2.01. The minimum atomic E-state index is 0.0383. The molecule has 0 aliphatic carbocycles. The zero-order valence-corrected chi connectivity index (χ0v) is 11.9. The second-order valence-electron chi connectivity index (χ2n) is 4.52. The first-order valence-electron chi connectivity index (χ1n) is 6.39. The summed E-state index contributed by atoms with van der Waals surface area (Å²) in [5.74, 6) is 2.89. The van der Waals surface area contributed by atoms with Gasteiger partial charge in [0.2, 0.25) is 5.82 Å². The van der Waals surface area contributed by atoms with Gasteiger partial charge in [0.25, 0.3) is 0 Å². The summed E-state index contributed by atoms with van der Waals surface area (Å²) >= 11 is 1.66. The molecule has 0 radical (unpaired) electrons. The van der Waals surface area contributed by atoms with Crippen molar-refractivity contribution in [1.82, 2.24) is 14.8 Å². The van der Waals surface area contributed by atoms with E-state index in [4.69, 9.17) is 9.52 Å². The van der Waals surface area contributed by atoms with Crippen LogP contribution in [-0.2, 0) is 13.0 Å². The van der Waals surface area contributed by atoms with Gasteiger partial charge < -0.3 is 9.52 Å². The Labute approximate surface area is 120 Å². The van der Waals surface area contributed by atoms with Crippen LogP contribution in [0.4, 0.5) is 0 Å². The van der Waals surface area contributed by atoms with Gasteiger partial charge in [0.15, 0.2) is 5.76 Å². The molecule has 3 heterocycles. The number of aryl methyl sites for hydroxylation is 1. The zero-order valence-electron chi connectivity index (χ0n) is 11.1. The van der Waals surface area contributed by atoms with E-state index in [0.29, 0.717) is 24.6 Å². The Bertz CT molecular complexity index is 685. The highest BCUT2D eigenvalue weighted by Gasteiger charge is 2.14. The van der Waals surface area contributed by atoms with E-state index in [1.165, 1.54) is 5.56 Å². The Kier molecular flexibility index (Phi) is 3.66. The summed E-state index contributed by atoms with van der Waals surface area (Å²) in [4.78, 5) is 4.54. The quantitative estimate of drug-likeness (QED) is 0.784. The van der Waals surface area contributed by atoms with E-state index in [1.54, 1.807) is 16.0 Å². The van der Waals surface area contributed by atoms with Gasteiger partial charge in [-0.25, -0.2) is 9.67 Å². The number of rotatable bonds is 5. The molecule has 20 heavy (non-hydrogen) atoms. The first-order chi connectivity index (χ1) is 9.76.